The lowest BCUT2D eigenvalue weighted by atomic mass is 10.1. The van der Waals surface area contributed by atoms with Crippen molar-refractivity contribution in [2.75, 3.05) is 5.73 Å². The molecule has 94 valence electrons. The molecular formula is C12H15F2NO2. The maximum Gasteiger partial charge on any atom is 0.341 e. The number of halogens is 2. The van der Waals surface area contributed by atoms with Crippen LogP contribution in [-0.2, 0) is 4.74 Å². The predicted octanol–water partition coefficient (Wildman–Crippen LogP) is 2.89. The molecule has 0 saturated carbocycles. The lowest BCUT2D eigenvalue weighted by Crippen LogP contribution is -2.16. The highest BCUT2D eigenvalue weighted by atomic mass is 19.1. The molecule has 0 aromatic heterocycles. The van der Waals surface area contributed by atoms with Gasteiger partial charge >= 0.3 is 5.97 Å². The summed E-state index contributed by atoms with van der Waals surface area (Å²) in [6, 6.07) is 1.61. The van der Waals surface area contributed by atoms with Gasteiger partial charge in [0.1, 0.15) is 11.4 Å². The van der Waals surface area contributed by atoms with Crippen LogP contribution in [0.1, 0.15) is 37.0 Å². The molecule has 0 amide bonds. The van der Waals surface area contributed by atoms with Gasteiger partial charge in [0.2, 0.25) is 0 Å². The average molecular weight is 243 g/mol. The number of carbonyl (C=O) groups excluding carboxylic acids is 1. The standard InChI is InChI=1S/C12H15F2NO2/c1-3-4-7(2)17-12(16)9-5-8(13)6-10(15)11(9)14/h5-7H,3-4,15H2,1-2H3. The van der Waals surface area contributed by atoms with Gasteiger partial charge in [0.15, 0.2) is 5.82 Å². The molecule has 1 unspecified atom stereocenters. The van der Waals surface area contributed by atoms with Gasteiger partial charge in [-0.3, -0.25) is 0 Å². The van der Waals surface area contributed by atoms with Crippen LogP contribution in [0.2, 0.25) is 0 Å². The van der Waals surface area contributed by atoms with E-state index in [9.17, 15) is 13.6 Å². The van der Waals surface area contributed by atoms with E-state index < -0.39 is 28.9 Å². The average Bonchev–Trinajstić information content (AvgIpc) is 2.23. The van der Waals surface area contributed by atoms with Crippen molar-refractivity contribution in [3.05, 3.63) is 29.3 Å². The minimum Gasteiger partial charge on any atom is -0.459 e. The number of nitrogens with two attached hydrogens (primary N) is 1. The van der Waals surface area contributed by atoms with Gasteiger partial charge in [-0.1, -0.05) is 13.3 Å². The second kappa shape index (κ2) is 5.61. The van der Waals surface area contributed by atoms with Crippen molar-refractivity contribution in [3.63, 3.8) is 0 Å². The fourth-order valence-electron chi connectivity index (χ4n) is 1.47. The topological polar surface area (TPSA) is 52.3 Å². The Morgan fingerprint density at radius 1 is 1.47 bits per heavy atom. The molecule has 1 rings (SSSR count). The zero-order chi connectivity index (χ0) is 13.0. The van der Waals surface area contributed by atoms with Crippen molar-refractivity contribution >= 4 is 11.7 Å². The van der Waals surface area contributed by atoms with Crippen LogP contribution < -0.4 is 5.73 Å². The first-order valence-corrected chi connectivity index (χ1v) is 5.41. The van der Waals surface area contributed by atoms with Gasteiger partial charge in [-0.15, -0.1) is 0 Å². The van der Waals surface area contributed by atoms with E-state index in [0.29, 0.717) is 6.42 Å². The molecule has 0 radical (unpaired) electrons. The number of benzene rings is 1. The van der Waals surface area contributed by atoms with Crippen molar-refractivity contribution in [2.24, 2.45) is 0 Å². The van der Waals surface area contributed by atoms with E-state index in [1.807, 2.05) is 6.92 Å². The lowest BCUT2D eigenvalue weighted by molar-refractivity contribution is 0.0318. The Kier molecular flexibility index (Phi) is 4.43. The summed E-state index contributed by atoms with van der Waals surface area (Å²) in [6.45, 7) is 3.63. The van der Waals surface area contributed by atoms with E-state index in [2.05, 4.69) is 0 Å². The highest BCUT2D eigenvalue weighted by Gasteiger charge is 2.19. The first-order valence-electron chi connectivity index (χ1n) is 5.41. The highest BCUT2D eigenvalue weighted by molar-refractivity contribution is 5.91. The van der Waals surface area contributed by atoms with Gasteiger partial charge < -0.3 is 10.5 Å². The van der Waals surface area contributed by atoms with Crippen LogP contribution in [0.5, 0.6) is 0 Å². The van der Waals surface area contributed by atoms with E-state index in [1.54, 1.807) is 6.92 Å². The Hall–Kier alpha value is -1.65. The van der Waals surface area contributed by atoms with Crippen molar-refractivity contribution < 1.29 is 18.3 Å². The molecule has 1 aromatic rings. The Labute approximate surface area is 98.6 Å². The molecule has 1 atom stereocenters. The quantitative estimate of drug-likeness (QED) is 0.653. The van der Waals surface area contributed by atoms with Gasteiger partial charge in [0.05, 0.1) is 11.8 Å². The summed E-state index contributed by atoms with van der Waals surface area (Å²) >= 11 is 0. The van der Waals surface area contributed by atoms with E-state index in [0.717, 1.165) is 18.6 Å². The molecule has 0 aliphatic heterocycles. The Morgan fingerprint density at radius 3 is 2.71 bits per heavy atom. The number of hydrogen-bond acceptors (Lipinski definition) is 3. The number of esters is 1. The van der Waals surface area contributed by atoms with Gasteiger partial charge in [0.25, 0.3) is 0 Å². The fourth-order valence-corrected chi connectivity index (χ4v) is 1.47. The molecule has 0 spiro atoms. The van der Waals surface area contributed by atoms with Crippen LogP contribution >= 0.6 is 0 Å². The highest BCUT2D eigenvalue weighted by Crippen LogP contribution is 2.19. The van der Waals surface area contributed by atoms with Gasteiger partial charge in [-0.2, -0.15) is 0 Å². The largest absolute Gasteiger partial charge is 0.459 e. The molecule has 3 nitrogen and oxygen atoms in total. The van der Waals surface area contributed by atoms with E-state index in [1.165, 1.54) is 0 Å². The Balaban J connectivity index is 2.89. The second-order valence-corrected chi connectivity index (χ2v) is 3.86. The molecule has 17 heavy (non-hydrogen) atoms. The lowest BCUT2D eigenvalue weighted by Gasteiger charge is -2.13. The zero-order valence-corrected chi connectivity index (χ0v) is 9.80. The van der Waals surface area contributed by atoms with E-state index in [4.69, 9.17) is 10.5 Å². The molecule has 2 N–H and O–H groups in total. The minimum atomic E-state index is -0.944. The van der Waals surface area contributed by atoms with E-state index in [-0.39, 0.29) is 6.10 Å². The number of anilines is 1. The summed E-state index contributed by atoms with van der Waals surface area (Å²) in [4.78, 5) is 11.6. The third kappa shape index (κ3) is 3.41. The summed E-state index contributed by atoms with van der Waals surface area (Å²) in [5, 5.41) is 0. The summed E-state index contributed by atoms with van der Waals surface area (Å²) in [6.07, 6.45) is 1.16. The predicted molar refractivity (Wildman–Crippen MR) is 60.6 cm³/mol. The van der Waals surface area contributed by atoms with Gasteiger partial charge in [-0.05, 0) is 25.5 Å². The van der Waals surface area contributed by atoms with E-state index >= 15 is 0 Å². The summed E-state index contributed by atoms with van der Waals surface area (Å²) in [5.74, 6) is -2.60. The molecule has 0 fully saturated rings. The monoisotopic (exact) mass is 243 g/mol. The second-order valence-electron chi connectivity index (χ2n) is 3.86. The van der Waals surface area contributed by atoms with Crippen LogP contribution in [0.25, 0.3) is 0 Å². The molecule has 1 aromatic carbocycles. The van der Waals surface area contributed by atoms with Crippen LogP contribution in [0.15, 0.2) is 12.1 Å². The maximum atomic E-state index is 13.5. The number of carbonyl (C=O) groups is 1. The maximum absolute atomic E-state index is 13.5. The summed E-state index contributed by atoms with van der Waals surface area (Å²) in [7, 11) is 0. The smallest absolute Gasteiger partial charge is 0.341 e. The Bertz CT molecular complexity index is 421. The fraction of sp³-hybridized carbons (Fsp3) is 0.417. The van der Waals surface area contributed by atoms with Crippen molar-refractivity contribution in [1.29, 1.82) is 0 Å². The third-order valence-corrected chi connectivity index (χ3v) is 2.29. The number of nitrogen functional groups attached to an aromatic ring is 1. The van der Waals surface area contributed by atoms with Crippen LogP contribution in [-0.4, -0.2) is 12.1 Å². The van der Waals surface area contributed by atoms with Crippen LogP contribution in [0.4, 0.5) is 14.5 Å². The minimum absolute atomic E-state index is 0.337. The number of hydrogen-bond donors (Lipinski definition) is 1. The van der Waals surface area contributed by atoms with Crippen molar-refractivity contribution in [1.82, 2.24) is 0 Å². The molecule has 0 heterocycles. The van der Waals surface area contributed by atoms with Crippen molar-refractivity contribution in [3.8, 4) is 0 Å². The zero-order valence-electron chi connectivity index (χ0n) is 9.80. The van der Waals surface area contributed by atoms with Gasteiger partial charge in [-0.25, -0.2) is 13.6 Å². The molecule has 0 bridgehead atoms. The number of ether oxygens (including phenoxy) is 1. The van der Waals surface area contributed by atoms with Crippen LogP contribution in [0, 0.1) is 11.6 Å². The molecule has 0 aliphatic rings. The van der Waals surface area contributed by atoms with Crippen molar-refractivity contribution in [2.45, 2.75) is 32.8 Å². The first kappa shape index (κ1) is 13.4. The molecule has 5 heteroatoms. The molecular weight excluding hydrogens is 228 g/mol. The third-order valence-electron chi connectivity index (χ3n) is 2.29. The molecule has 0 aliphatic carbocycles. The normalized spacial score (nSPS) is 12.2. The van der Waals surface area contributed by atoms with Crippen LogP contribution in [0.3, 0.4) is 0 Å². The Morgan fingerprint density at radius 2 is 2.12 bits per heavy atom. The SMILES string of the molecule is CCCC(C)OC(=O)c1cc(F)cc(N)c1F. The summed E-state index contributed by atoms with van der Waals surface area (Å²) < 4.78 is 31.4. The summed E-state index contributed by atoms with van der Waals surface area (Å²) in [5.41, 5.74) is 4.36. The molecule has 0 saturated heterocycles. The number of rotatable bonds is 4. The van der Waals surface area contributed by atoms with Gasteiger partial charge in [0, 0.05) is 0 Å². The first-order chi connectivity index (χ1) is 7.95.